The maximum Gasteiger partial charge on any atom is 0.268 e. The third-order valence-corrected chi connectivity index (χ3v) is 4.76. The Morgan fingerprint density at radius 3 is 2.73 bits per heavy atom. The Labute approximate surface area is 152 Å². The maximum atomic E-state index is 12.7. The number of nitrogens with zero attached hydrogens (tertiary/aromatic N) is 2. The summed E-state index contributed by atoms with van der Waals surface area (Å²) in [5.41, 5.74) is 3.45. The lowest BCUT2D eigenvalue weighted by Gasteiger charge is -2.26. The molecule has 1 amide bonds. The van der Waals surface area contributed by atoms with Crippen molar-refractivity contribution in [1.29, 1.82) is 0 Å². The molecule has 0 unspecified atom stereocenters. The van der Waals surface area contributed by atoms with Gasteiger partial charge >= 0.3 is 0 Å². The van der Waals surface area contributed by atoms with Gasteiger partial charge in [-0.1, -0.05) is 30.3 Å². The molecule has 1 N–H and O–H groups in total. The zero-order chi connectivity index (χ0) is 17.8. The third-order valence-electron chi connectivity index (χ3n) is 4.76. The molecule has 26 heavy (non-hydrogen) atoms. The molecule has 6 nitrogen and oxygen atoms in total. The molecule has 1 aromatic carbocycles. The molecule has 3 heterocycles. The van der Waals surface area contributed by atoms with E-state index >= 15 is 0 Å². The summed E-state index contributed by atoms with van der Waals surface area (Å²) in [6.45, 7) is 5.48. The standard InChI is InChI=1S/C20H23N3O3/c24-20(21-7-8-22-9-12-25-13-10-22)18-14-19-17(6-11-26-19)23(18)15-16-4-2-1-3-5-16/h1-6,11,14H,7-10,12-13,15H2,(H,21,24). The monoisotopic (exact) mass is 353 g/mol. The lowest BCUT2D eigenvalue weighted by Crippen LogP contribution is -2.41. The highest BCUT2D eigenvalue weighted by atomic mass is 16.5. The fourth-order valence-electron chi connectivity index (χ4n) is 3.34. The Bertz CT molecular complexity index is 863. The second-order valence-corrected chi connectivity index (χ2v) is 6.48. The molecule has 0 atom stereocenters. The molecule has 4 rings (SSSR count). The van der Waals surface area contributed by atoms with E-state index in [0.717, 1.165) is 49.5 Å². The second-order valence-electron chi connectivity index (χ2n) is 6.48. The molecule has 6 heteroatoms. The van der Waals surface area contributed by atoms with E-state index in [1.165, 1.54) is 0 Å². The van der Waals surface area contributed by atoms with Crippen molar-refractivity contribution in [3.63, 3.8) is 0 Å². The third kappa shape index (κ3) is 3.66. The van der Waals surface area contributed by atoms with Crippen molar-refractivity contribution >= 4 is 17.0 Å². The largest absolute Gasteiger partial charge is 0.463 e. The van der Waals surface area contributed by atoms with E-state index in [9.17, 15) is 4.79 Å². The predicted molar refractivity (Wildman–Crippen MR) is 99.3 cm³/mol. The van der Waals surface area contributed by atoms with Crippen LogP contribution >= 0.6 is 0 Å². The van der Waals surface area contributed by atoms with E-state index in [-0.39, 0.29) is 5.91 Å². The molecule has 1 aliphatic heterocycles. The molecular formula is C20H23N3O3. The smallest absolute Gasteiger partial charge is 0.268 e. The molecule has 2 aromatic heterocycles. The fraction of sp³-hybridized carbons (Fsp3) is 0.350. The Kier molecular flexibility index (Phi) is 5.04. The number of hydrogen-bond donors (Lipinski definition) is 1. The topological polar surface area (TPSA) is 59.6 Å². The van der Waals surface area contributed by atoms with Gasteiger partial charge in [-0.05, 0) is 5.56 Å². The van der Waals surface area contributed by atoms with Crippen molar-refractivity contribution in [3.05, 3.63) is 60.0 Å². The Balaban J connectivity index is 1.47. The highest BCUT2D eigenvalue weighted by molar-refractivity contribution is 5.97. The summed E-state index contributed by atoms with van der Waals surface area (Å²) >= 11 is 0. The van der Waals surface area contributed by atoms with Crippen LogP contribution in [0.3, 0.4) is 0 Å². The van der Waals surface area contributed by atoms with Crippen molar-refractivity contribution in [3.8, 4) is 0 Å². The summed E-state index contributed by atoms with van der Waals surface area (Å²) in [4.78, 5) is 15.1. The number of rotatable bonds is 6. The van der Waals surface area contributed by atoms with Gasteiger partial charge in [0.15, 0.2) is 5.58 Å². The Morgan fingerprint density at radius 1 is 1.12 bits per heavy atom. The highest BCUT2D eigenvalue weighted by Gasteiger charge is 2.18. The lowest BCUT2D eigenvalue weighted by molar-refractivity contribution is 0.0383. The van der Waals surface area contributed by atoms with Crippen LogP contribution in [0.5, 0.6) is 0 Å². The average molecular weight is 353 g/mol. The van der Waals surface area contributed by atoms with Crippen LogP contribution in [0.25, 0.3) is 11.1 Å². The lowest BCUT2D eigenvalue weighted by atomic mass is 10.2. The van der Waals surface area contributed by atoms with Gasteiger partial charge in [0.2, 0.25) is 0 Å². The van der Waals surface area contributed by atoms with Crippen molar-refractivity contribution in [2.45, 2.75) is 6.54 Å². The average Bonchev–Trinajstić information content (AvgIpc) is 3.26. The van der Waals surface area contributed by atoms with Gasteiger partial charge in [-0.15, -0.1) is 0 Å². The number of carbonyl (C=O) groups is 1. The number of nitrogens with one attached hydrogen (secondary N) is 1. The maximum absolute atomic E-state index is 12.7. The number of furan rings is 1. The number of fused-ring (bicyclic) bond motifs is 1. The first kappa shape index (κ1) is 16.9. The number of ether oxygens (including phenoxy) is 1. The molecule has 0 radical (unpaired) electrons. The van der Waals surface area contributed by atoms with Crippen molar-refractivity contribution in [2.24, 2.45) is 0 Å². The minimum Gasteiger partial charge on any atom is -0.463 e. The first-order valence-electron chi connectivity index (χ1n) is 9.00. The van der Waals surface area contributed by atoms with Crippen LogP contribution in [0.2, 0.25) is 0 Å². The van der Waals surface area contributed by atoms with Crippen LogP contribution < -0.4 is 5.32 Å². The Morgan fingerprint density at radius 2 is 1.92 bits per heavy atom. The van der Waals surface area contributed by atoms with Gasteiger partial charge in [0.25, 0.3) is 5.91 Å². The highest BCUT2D eigenvalue weighted by Crippen LogP contribution is 2.22. The molecule has 1 fully saturated rings. The first-order valence-corrected chi connectivity index (χ1v) is 9.00. The molecule has 0 bridgehead atoms. The normalized spacial score (nSPS) is 15.4. The fourth-order valence-corrected chi connectivity index (χ4v) is 3.34. The van der Waals surface area contributed by atoms with E-state index in [1.54, 1.807) is 6.26 Å². The number of morpholine rings is 1. The van der Waals surface area contributed by atoms with Crippen molar-refractivity contribution < 1.29 is 13.9 Å². The molecule has 1 aliphatic rings. The summed E-state index contributed by atoms with van der Waals surface area (Å²) in [7, 11) is 0. The van der Waals surface area contributed by atoms with Crippen molar-refractivity contribution in [1.82, 2.24) is 14.8 Å². The number of hydrogen-bond acceptors (Lipinski definition) is 4. The molecule has 0 spiro atoms. The van der Waals surface area contributed by atoms with Crippen LogP contribution in [-0.4, -0.2) is 54.8 Å². The van der Waals surface area contributed by atoms with Gasteiger partial charge in [-0.25, -0.2) is 0 Å². The molecule has 0 aliphatic carbocycles. The Hall–Kier alpha value is -2.57. The summed E-state index contributed by atoms with van der Waals surface area (Å²) < 4.78 is 12.9. The van der Waals surface area contributed by atoms with Crippen LogP contribution in [0, 0.1) is 0 Å². The van der Waals surface area contributed by atoms with E-state index < -0.39 is 0 Å². The van der Waals surface area contributed by atoms with Crippen LogP contribution in [0.15, 0.2) is 53.1 Å². The summed E-state index contributed by atoms with van der Waals surface area (Å²) in [6, 6.07) is 13.9. The molecular weight excluding hydrogens is 330 g/mol. The second kappa shape index (κ2) is 7.76. The van der Waals surface area contributed by atoms with Crippen molar-refractivity contribution in [2.75, 3.05) is 39.4 Å². The van der Waals surface area contributed by atoms with Gasteiger partial charge in [0.1, 0.15) is 5.69 Å². The number of amides is 1. The first-order chi connectivity index (χ1) is 12.8. The molecule has 136 valence electrons. The zero-order valence-corrected chi connectivity index (χ0v) is 14.7. The number of aromatic nitrogens is 1. The van der Waals surface area contributed by atoms with Crippen LogP contribution in [0.1, 0.15) is 16.1 Å². The molecule has 0 saturated carbocycles. The van der Waals surface area contributed by atoms with Gasteiger partial charge in [-0.2, -0.15) is 0 Å². The van der Waals surface area contributed by atoms with E-state index in [1.807, 2.05) is 34.9 Å². The molecule has 1 saturated heterocycles. The van der Waals surface area contributed by atoms with Gasteiger partial charge in [0.05, 0.1) is 25.0 Å². The zero-order valence-electron chi connectivity index (χ0n) is 14.7. The van der Waals surface area contributed by atoms with Crippen LogP contribution in [-0.2, 0) is 11.3 Å². The van der Waals surface area contributed by atoms with E-state index in [0.29, 0.717) is 18.8 Å². The summed E-state index contributed by atoms with van der Waals surface area (Å²) in [6.07, 6.45) is 1.66. The summed E-state index contributed by atoms with van der Waals surface area (Å²) in [5.74, 6) is -0.0689. The summed E-state index contributed by atoms with van der Waals surface area (Å²) in [5, 5.41) is 3.04. The van der Waals surface area contributed by atoms with Gasteiger partial charge in [0, 0.05) is 44.9 Å². The quantitative estimate of drug-likeness (QED) is 0.739. The minimum atomic E-state index is -0.0689. The van der Waals surface area contributed by atoms with Gasteiger partial charge < -0.3 is 19.0 Å². The van der Waals surface area contributed by atoms with Crippen LogP contribution in [0.4, 0.5) is 0 Å². The van der Waals surface area contributed by atoms with E-state index in [2.05, 4.69) is 22.3 Å². The van der Waals surface area contributed by atoms with E-state index in [4.69, 9.17) is 9.15 Å². The van der Waals surface area contributed by atoms with Gasteiger partial charge in [-0.3, -0.25) is 9.69 Å². The predicted octanol–water partition coefficient (Wildman–Crippen LogP) is 2.34. The number of benzene rings is 1. The molecule has 3 aromatic rings. The minimum absolute atomic E-state index is 0.0689. The SMILES string of the molecule is O=C(NCCN1CCOCC1)c1cc2occc2n1Cc1ccccc1. The number of carbonyl (C=O) groups excluding carboxylic acids is 1.